The molecular formula is C17H21N5O2. The van der Waals surface area contributed by atoms with E-state index in [4.69, 9.17) is 4.74 Å². The van der Waals surface area contributed by atoms with Crippen LogP contribution in [0.5, 0.6) is 5.75 Å². The topological polar surface area (TPSA) is 70.6 Å². The second-order valence-electron chi connectivity index (χ2n) is 5.74. The van der Waals surface area contributed by atoms with Gasteiger partial charge >= 0.3 is 0 Å². The first-order valence-electron chi connectivity index (χ1n) is 7.86. The molecule has 126 valence electrons. The van der Waals surface area contributed by atoms with E-state index in [2.05, 4.69) is 32.1 Å². The molecule has 0 spiro atoms. The molecular weight excluding hydrogens is 306 g/mol. The molecule has 1 aliphatic heterocycles. The Morgan fingerprint density at radius 1 is 1.17 bits per heavy atom. The number of benzene rings is 1. The van der Waals surface area contributed by atoms with Crippen molar-refractivity contribution < 1.29 is 9.53 Å². The Hall–Kier alpha value is -2.67. The second-order valence-corrected chi connectivity index (χ2v) is 5.74. The van der Waals surface area contributed by atoms with E-state index in [0.29, 0.717) is 11.4 Å². The van der Waals surface area contributed by atoms with E-state index in [-0.39, 0.29) is 11.6 Å². The van der Waals surface area contributed by atoms with Crippen LogP contribution < -0.4 is 15.0 Å². The Kier molecular flexibility index (Phi) is 4.90. The summed E-state index contributed by atoms with van der Waals surface area (Å²) in [6, 6.07) is 7.19. The fourth-order valence-corrected chi connectivity index (χ4v) is 2.53. The first-order valence-corrected chi connectivity index (χ1v) is 7.86. The van der Waals surface area contributed by atoms with Crippen LogP contribution in [-0.2, 0) is 0 Å². The van der Waals surface area contributed by atoms with E-state index in [1.165, 1.54) is 6.20 Å². The number of carbonyl (C=O) groups excluding carboxylic acids is 1. The quantitative estimate of drug-likeness (QED) is 0.917. The minimum Gasteiger partial charge on any atom is -0.497 e. The standard InChI is InChI=1S/C17H21N5O2/c1-21-6-8-22(9-7-21)16-12-18-15(11-19-16)17(23)20-13-4-3-5-14(10-13)24-2/h3-5,10-12H,6-9H2,1-2H3,(H,20,23). The Bertz CT molecular complexity index is 696. The highest BCUT2D eigenvalue weighted by Gasteiger charge is 2.16. The molecule has 0 radical (unpaired) electrons. The predicted octanol–water partition coefficient (Wildman–Crippen LogP) is 1.49. The summed E-state index contributed by atoms with van der Waals surface area (Å²) in [5.41, 5.74) is 0.944. The third-order valence-corrected chi connectivity index (χ3v) is 4.03. The van der Waals surface area contributed by atoms with Crippen molar-refractivity contribution in [2.75, 3.05) is 50.6 Å². The smallest absolute Gasteiger partial charge is 0.275 e. The van der Waals surface area contributed by atoms with Gasteiger partial charge < -0.3 is 19.9 Å². The highest BCUT2D eigenvalue weighted by Crippen LogP contribution is 2.17. The number of methoxy groups -OCH3 is 1. The molecule has 7 nitrogen and oxygen atoms in total. The number of amides is 1. The normalized spacial score (nSPS) is 15.2. The molecule has 0 aliphatic carbocycles. The van der Waals surface area contributed by atoms with Crippen LogP contribution in [0.25, 0.3) is 0 Å². The molecule has 0 bridgehead atoms. The molecule has 1 aromatic heterocycles. The maximum absolute atomic E-state index is 12.3. The zero-order valence-corrected chi connectivity index (χ0v) is 13.9. The first-order chi connectivity index (χ1) is 11.7. The summed E-state index contributed by atoms with van der Waals surface area (Å²) in [4.78, 5) is 25.4. The highest BCUT2D eigenvalue weighted by atomic mass is 16.5. The van der Waals surface area contributed by atoms with Gasteiger partial charge in [0.15, 0.2) is 0 Å². The van der Waals surface area contributed by atoms with Crippen LogP contribution in [0.1, 0.15) is 10.5 Å². The van der Waals surface area contributed by atoms with E-state index in [1.807, 2.05) is 12.1 Å². The van der Waals surface area contributed by atoms with Gasteiger partial charge in [0.1, 0.15) is 17.3 Å². The number of hydrogen-bond acceptors (Lipinski definition) is 6. The number of piperazine rings is 1. The van der Waals surface area contributed by atoms with E-state index >= 15 is 0 Å². The Morgan fingerprint density at radius 2 is 1.96 bits per heavy atom. The molecule has 1 amide bonds. The predicted molar refractivity (Wildman–Crippen MR) is 92.7 cm³/mol. The largest absolute Gasteiger partial charge is 0.497 e. The van der Waals surface area contributed by atoms with E-state index in [9.17, 15) is 4.79 Å². The lowest BCUT2D eigenvalue weighted by molar-refractivity contribution is 0.102. The monoisotopic (exact) mass is 327 g/mol. The van der Waals surface area contributed by atoms with Crippen molar-refractivity contribution >= 4 is 17.4 Å². The summed E-state index contributed by atoms with van der Waals surface area (Å²) in [6.07, 6.45) is 3.18. The molecule has 24 heavy (non-hydrogen) atoms. The Morgan fingerprint density at radius 3 is 2.62 bits per heavy atom. The van der Waals surface area contributed by atoms with Gasteiger partial charge in [0.2, 0.25) is 0 Å². The molecule has 0 unspecified atom stereocenters. The minimum absolute atomic E-state index is 0.288. The number of aromatic nitrogens is 2. The first kappa shape index (κ1) is 16.2. The lowest BCUT2D eigenvalue weighted by atomic mass is 10.3. The maximum atomic E-state index is 12.3. The van der Waals surface area contributed by atoms with Gasteiger partial charge in [-0.2, -0.15) is 0 Å². The van der Waals surface area contributed by atoms with Gasteiger partial charge in [-0.25, -0.2) is 9.97 Å². The Balaban J connectivity index is 1.65. The van der Waals surface area contributed by atoms with Gasteiger partial charge in [0.05, 0.1) is 19.5 Å². The number of rotatable bonds is 4. The summed E-state index contributed by atoms with van der Waals surface area (Å²) in [7, 11) is 3.69. The zero-order valence-electron chi connectivity index (χ0n) is 13.9. The van der Waals surface area contributed by atoms with Crippen molar-refractivity contribution in [2.24, 2.45) is 0 Å². The molecule has 7 heteroatoms. The van der Waals surface area contributed by atoms with Crippen LogP contribution in [0, 0.1) is 0 Å². The third kappa shape index (κ3) is 3.80. The van der Waals surface area contributed by atoms with E-state index in [1.54, 1.807) is 25.4 Å². The van der Waals surface area contributed by atoms with Crippen LogP contribution in [-0.4, -0.2) is 61.1 Å². The van der Waals surface area contributed by atoms with Gasteiger partial charge in [-0.05, 0) is 19.2 Å². The number of hydrogen-bond donors (Lipinski definition) is 1. The highest BCUT2D eigenvalue weighted by molar-refractivity contribution is 6.02. The Labute approximate surface area is 141 Å². The molecule has 1 N–H and O–H groups in total. The fourth-order valence-electron chi connectivity index (χ4n) is 2.53. The molecule has 1 fully saturated rings. The van der Waals surface area contributed by atoms with Gasteiger partial charge in [0, 0.05) is 37.9 Å². The number of likely N-dealkylation sites (N-methyl/N-ethyl adjacent to an activating group) is 1. The number of carbonyl (C=O) groups is 1. The summed E-state index contributed by atoms with van der Waals surface area (Å²) in [5.74, 6) is 1.20. The second kappa shape index (κ2) is 7.27. The molecule has 2 heterocycles. The van der Waals surface area contributed by atoms with Gasteiger partial charge in [0.25, 0.3) is 5.91 Å². The molecule has 1 aromatic carbocycles. The van der Waals surface area contributed by atoms with Crippen molar-refractivity contribution in [2.45, 2.75) is 0 Å². The van der Waals surface area contributed by atoms with Gasteiger partial charge in [-0.15, -0.1) is 0 Å². The summed E-state index contributed by atoms with van der Waals surface area (Å²) in [6.45, 7) is 3.83. The zero-order chi connectivity index (χ0) is 16.9. The van der Waals surface area contributed by atoms with Crippen LogP contribution in [0.4, 0.5) is 11.5 Å². The van der Waals surface area contributed by atoms with Crippen LogP contribution in [0.2, 0.25) is 0 Å². The van der Waals surface area contributed by atoms with Crippen molar-refractivity contribution in [1.82, 2.24) is 14.9 Å². The molecule has 0 saturated carbocycles. The summed E-state index contributed by atoms with van der Waals surface area (Å²) in [5, 5.41) is 2.80. The fraction of sp³-hybridized carbons (Fsp3) is 0.353. The SMILES string of the molecule is COc1cccc(NC(=O)c2cnc(N3CCN(C)CC3)cn2)c1. The van der Waals surface area contributed by atoms with Crippen LogP contribution in [0.15, 0.2) is 36.7 Å². The molecule has 2 aromatic rings. The minimum atomic E-state index is -0.291. The third-order valence-electron chi connectivity index (χ3n) is 4.03. The molecule has 1 saturated heterocycles. The van der Waals surface area contributed by atoms with Crippen molar-refractivity contribution in [3.05, 3.63) is 42.4 Å². The average molecular weight is 327 g/mol. The van der Waals surface area contributed by atoms with Crippen molar-refractivity contribution in [3.8, 4) is 5.75 Å². The molecule has 0 atom stereocenters. The summed E-state index contributed by atoms with van der Waals surface area (Å²) < 4.78 is 5.14. The lowest BCUT2D eigenvalue weighted by Gasteiger charge is -2.32. The number of nitrogens with one attached hydrogen (secondary N) is 1. The molecule has 1 aliphatic rings. The van der Waals surface area contributed by atoms with Gasteiger partial charge in [-0.3, -0.25) is 4.79 Å². The number of nitrogens with zero attached hydrogens (tertiary/aromatic N) is 4. The van der Waals surface area contributed by atoms with Crippen LogP contribution in [0.3, 0.4) is 0 Å². The van der Waals surface area contributed by atoms with Crippen LogP contribution >= 0.6 is 0 Å². The summed E-state index contributed by atoms with van der Waals surface area (Å²) >= 11 is 0. The van der Waals surface area contributed by atoms with E-state index in [0.717, 1.165) is 32.0 Å². The van der Waals surface area contributed by atoms with Crippen molar-refractivity contribution in [1.29, 1.82) is 0 Å². The number of ether oxygens (including phenoxy) is 1. The van der Waals surface area contributed by atoms with Gasteiger partial charge in [-0.1, -0.05) is 6.07 Å². The molecule has 3 rings (SSSR count). The average Bonchev–Trinajstić information content (AvgIpc) is 2.62. The maximum Gasteiger partial charge on any atom is 0.275 e. The van der Waals surface area contributed by atoms with E-state index < -0.39 is 0 Å². The lowest BCUT2D eigenvalue weighted by Crippen LogP contribution is -2.44. The number of anilines is 2. The van der Waals surface area contributed by atoms with Crippen molar-refractivity contribution in [3.63, 3.8) is 0 Å².